The molecular weight excluding hydrogens is 207 g/mol. The smallest absolute Gasteiger partial charge is 0.330 e. The van der Waals surface area contributed by atoms with Gasteiger partial charge in [-0.05, 0) is 13.3 Å². The van der Waals surface area contributed by atoms with Gasteiger partial charge in [-0.15, -0.1) is 0 Å². The Morgan fingerprint density at radius 2 is 2.30 bits per heavy atom. The quantitative estimate of drug-likeness (QED) is 0.531. The topological polar surface area (TPSA) is 26.3 Å². The Kier molecular flexibility index (Phi) is 9.18. The van der Waals surface area contributed by atoms with Gasteiger partial charge in [-0.25, -0.2) is 4.79 Å². The maximum absolute atomic E-state index is 10.4. The minimum Gasteiger partial charge on any atom is -0.460 e. The van der Waals surface area contributed by atoms with E-state index in [0.29, 0.717) is 0 Å². The van der Waals surface area contributed by atoms with Crippen molar-refractivity contribution in [3.05, 3.63) is 12.7 Å². The molecular formula is C7H12O2Zr. The van der Waals surface area contributed by atoms with Gasteiger partial charge in [0.05, 0.1) is 6.10 Å². The van der Waals surface area contributed by atoms with Crippen LogP contribution in [0.4, 0.5) is 0 Å². The standard InChI is InChI=1S/C7H12O2.Zr/c1-4-6(3)9-7(8)5-2;/h5-6H,2,4H2,1,3H3;. The normalized spacial score (nSPS) is 11.0. The number of hydrogen-bond acceptors (Lipinski definition) is 2. The summed E-state index contributed by atoms with van der Waals surface area (Å²) in [5, 5.41) is 0. The fraction of sp³-hybridized carbons (Fsp3) is 0.571. The van der Waals surface area contributed by atoms with Crippen molar-refractivity contribution in [1.29, 1.82) is 0 Å². The molecule has 0 aromatic rings. The minimum absolute atomic E-state index is 0. The molecule has 56 valence electrons. The van der Waals surface area contributed by atoms with Crippen molar-refractivity contribution in [2.45, 2.75) is 26.4 Å². The Bertz CT molecular complexity index is 112. The molecule has 0 amide bonds. The van der Waals surface area contributed by atoms with Gasteiger partial charge < -0.3 is 4.74 Å². The molecule has 0 heterocycles. The van der Waals surface area contributed by atoms with E-state index in [0.717, 1.165) is 6.42 Å². The van der Waals surface area contributed by atoms with Gasteiger partial charge >= 0.3 is 5.97 Å². The molecule has 3 heteroatoms. The largest absolute Gasteiger partial charge is 0.460 e. The predicted octanol–water partition coefficient (Wildman–Crippen LogP) is 1.51. The number of carbonyl (C=O) groups excluding carboxylic acids is 1. The Hall–Kier alpha value is 0.0931. The number of carbonyl (C=O) groups is 1. The zero-order chi connectivity index (χ0) is 7.28. The first-order valence-electron chi connectivity index (χ1n) is 3.03. The van der Waals surface area contributed by atoms with Crippen molar-refractivity contribution in [2.75, 3.05) is 0 Å². The zero-order valence-electron chi connectivity index (χ0n) is 6.39. The Morgan fingerprint density at radius 1 is 1.80 bits per heavy atom. The van der Waals surface area contributed by atoms with E-state index >= 15 is 0 Å². The van der Waals surface area contributed by atoms with E-state index in [1.807, 2.05) is 13.8 Å². The molecule has 0 spiro atoms. The summed E-state index contributed by atoms with van der Waals surface area (Å²) in [6, 6.07) is 0. The van der Waals surface area contributed by atoms with Crippen molar-refractivity contribution in [2.24, 2.45) is 0 Å². The molecule has 0 saturated carbocycles. The van der Waals surface area contributed by atoms with Crippen molar-refractivity contribution in [3.8, 4) is 0 Å². The Morgan fingerprint density at radius 3 is 2.60 bits per heavy atom. The van der Waals surface area contributed by atoms with Crippen LogP contribution >= 0.6 is 0 Å². The predicted molar refractivity (Wildman–Crippen MR) is 36.0 cm³/mol. The van der Waals surface area contributed by atoms with Crippen molar-refractivity contribution in [1.82, 2.24) is 0 Å². The molecule has 0 aromatic heterocycles. The van der Waals surface area contributed by atoms with Crippen molar-refractivity contribution < 1.29 is 35.7 Å². The molecule has 0 aliphatic rings. The molecule has 1 unspecified atom stereocenters. The van der Waals surface area contributed by atoms with E-state index < -0.39 is 0 Å². The number of ether oxygens (including phenoxy) is 1. The first-order chi connectivity index (χ1) is 4.20. The SMILES string of the molecule is C=CC(=O)OC(C)CC.[Zr]. The number of hydrogen-bond donors (Lipinski definition) is 0. The summed E-state index contributed by atoms with van der Waals surface area (Å²) in [5.74, 6) is -0.343. The van der Waals surface area contributed by atoms with Gasteiger partial charge in [-0.2, -0.15) is 0 Å². The fourth-order valence-electron chi connectivity index (χ4n) is 0.330. The van der Waals surface area contributed by atoms with Gasteiger partial charge in [0.2, 0.25) is 0 Å². The summed E-state index contributed by atoms with van der Waals surface area (Å²) >= 11 is 0. The van der Waals surface area contributed by atoms with E-state index in [9.17, 15) is 4.79 Å². The van der Waals surface area contributed by atoms with Gasteiger partial charge in [0.1, 0.15) is 0 Å². The Balaban J connectivity index is 0. The van der Waals surface area contributed by atoms with Crippen LogP contribution in [0, 0.1) is 0 Å². The third-order valence-electron chi connectivity index (χ3n) is 1.06. The van der Waals surface area contributed by atoms with Crippen LogP contribution in [-0.2, 0) is 35.7 Å². The van der Waals surface area contributed by atoms with Gasteiger partial charge in [-0.1, -0.05) is 13.5 Å². The molecule has 2 nitrogen and oxygen atoms in total. The summed E-state index contributed by atoms with van der Waals surface area (Å²) in [6.45, 7) is 7.08. The van der Waals surface area contributed by atoms with Gasteiger partial charge in [0.15, 0.2) is 0 Å². The van der Waals surface area contributed by atoms with Crippen LogP contribution < -0.4 is 0 Å². The average Bonchev–Trinajstić information content (AvgIpc) is 1.87. The Labute approximate surface area is 80.8 Å². The molecule has 10 heavy (non-hydrogen) atoms. The second kappa shape index (κ2) is 7.20. The third-order valence-corrected chi connectivity index (χ3v) is 1.06. The summed E-state index contributed by atoms with van der Waals surface area (Å²) in [5.41, 5.74) is 0. The second-order valence-electron chi connectivity index (χ2n) is 1.86. The van der Waals surface area contributed by atoms with E-state index in [1.165, 1.54) is 6.08 Å². The van der Waals surface area contributed by atoms with Crippen molar-refractivity contribution >= 4 is 5.97 Å². The maximum atomic E-state index is 10.4. The molecule has 0 aromatic carbocycles. The van der Waals surface area contributed by atoms with Gasteiger partial charge in [-0.3, -0.25) is 0 Å². The van der Waals surface area contributed by atoms with Gasteiger partial charge in [0, 0.05) is 32.3 Å². The fourth-order valence-corrected chi connectivity index (χ4v) is 0.330. The molecule has 0 fully saturated rings. The molecule has 1 atom stereocenters. The van der Waals surface area contributed by atoms with Crippen LogP contribution in [0.1, 0.15) is 20.3 Å². The van der Waals surface area contributed by atoms with Crippen LogP contribution in [0.2, 0.25) is 0 Å². The molecule has 0 saturated heterocycles. The van der Waals surface area contributed by atoms with Crippen LogP contribution in [0.5, 0.6) is 0 Å². The van der Waals surface area contributed by atoms with Crippen LogP contribution in [0.25, 0.3) is 0 Å². The van der Waals surface area contributed by atoms with Crippen LogP contribution in [0.15, 0.2) is 12.7 Å². The summed E-state index contributed by atoms with van der Waals surface area (Å²) < 4.78 is 4.79. The minimum atomic E-state index is -0.343. The molecule has 0 aliphatic carbocycles. The van der Waals surface area contributed by atoms with E-state index in [4.69, 9.17) is 4.74 Å². The summed E-state index contributed by atoms with van der Waals surface area (Å²) in [7, 11) is 0. The third kappa shape index (κ3) is 6.22. The van der Waals surface area contributed by atoms with Crippen LogP contribution in [-0.4, -0.2) is 12.1 Å². The second-order valence-corrected chi connectivity index (χ2v) is 1.86. The monoisotopic (exact) mass is 218 g/mol. The van der Waals surface area contributed by atoms with Crippen molar-refractivity contribution in [3.63, 3.8) is 0 Å². The van der Waals surface area contributed by atoms with E-state index in [1.54, 1.807) is 0 Å². The summed E-state index contributed by atoms with van der Waals surface area (Å²) in [4.78, 5) is 10.4. The van der Waals surface area contributed by atoms with E-state index in [-0.39, 0.29) is 38.3 Å². The molecule has 0 radical (unpaired) electrons. The molecule has 0 rings (SSSR count). The molecule has 0 bridgehead atoms. The van der Waals surface area contributed by atoms with Crippen LogP contribution in [0.3, 0.4) is 0 Å². The number of rotatable bonds is 3. The number of esters is 1. The molecule has 0 N–H and O–H groups in total. The first-order valence-corrected chi connectivity index (χ1v) is 3.03. The van der Waals surface area contributed by atoms with E-state index in [2.05, 4.69) is 6.58 Å². The molecule has 0 aliphatic heterocycles. The maximum Gasteiger partial charge on any atom is 0.330 e. The average molecular weight is 219 g/mol. The summed E-state index contributed by atoms with van der Waals surface area (Å²) in [6.07, 6.45) is 2.03. The van der Waals surface area contributed by atoms with Gasteiger partial charge in [0.25, 0.3) is 0 Å². The zero-order valence-corrected chi connectivity index (χ0v) is 8.84. The first kappa shape index (κ1) is 12.7.